The zero-order valence-electron chi connectivity index (χ0n) is 10.5. The zero-order chi connectivity index (χ0) is 14.0. The third-order valence-corrected chi connectivity index (χ3v) is 3.19. The molecule has 0 amide bonds. The fourth-order valence-electron chi connectivity index (χ4n) is 1.94. The van der Waals surface area contributed by atoms with E-state index in [1.807, 2.05) is 0 Å². The first kappa shape index (κ1) is 13.8. The van der Waals surface area contributed by atoms with Crippen molar-refractivity contribution in [1.82, 2.24) is 15.2 Å². The van der Waals surface area contributed by atoms with Crippen molar-refractivity contribution in [2.24, 2.45) is 12.9 Å². The molecule has 5 nitrogen and oxygen atoms in total. The summed E-state index contributed by atoms with van der Waals surface area (Å²) >= 11 is 5.67. The second kappa shape index (κ2) is 5.56. The van der Waals surface area contributed by atoms with Crippen LogP contribution in [0.15, 0.2) is 24.4 Å². The molecule has 0 saturated carbocycles. The van der Waals surface area contributed by atoms with Crippen molar-refractivity contribution in [2.75, 3.05) is 7.11 Å². The molecule has 102 valence electrons. The van der Waals surface area contributed by atoms with E-state index in [-0.39, 0.29) is 5.02 Å². The summed E-state index contributed by atoms with van der Waals surface area (Å²) in [6.07, 6.45) is 1.58. The van der Waals surface area contributed by atoms with Gasteiger partial charge in [-0.15, -0.1) is 0 Å². The van der Waals surface area contributed by atoms with Gasteiger partial charge in [0.2, 0.25) is 0 Å². The summed E-state index contributed by atoms with van der Waals surface area (Å²) in [7, 11) is 3.30. The highest BCUT2D eigenvalue weighted by atomic mass is 35.5. The van der Waals surface area contributed by atoms with Crippen LogP contribution in [0.5, 0.6) is 5.75 Å². The summed E-state index contributed by atoms with van der Waals surface area (Å²) in [6, 6.07) is 4.07. The molecule has 0 aliphatic heterocycles. The Bertz CT molecular complexity index is 587. The topological polar surface area (TPSA) is 65.1 Å². The molecule has 0 fully saturated rings. The fourth-order valence-corrected chi connectivity index (χ4v) is 2.06. The van der Waals surface area contributed by atoms with Gasteiger partial charge in [0, 0.05) is 7.05 Å². The van der Waals surface area contributed by atoms with Crippen LogP contribution in [0.2, 0.25) is 5.02 Å². The maximum Gasteiger partial charge on any atom is 0.161 e. The molecule has 0 aliphatic carbocycles. The van der Waals surface area contributed by atoms with Gasteiger partial charge in [-0.1, -0.05) is 17.7 Å². The molecule has 19 heavy (non-hydrogen) atoms. The number of hydrogen-bond donors (Lipinski definition) is 2. The molecule has 0 bridgehead atoms. The van der Waals surface area contributed by atoms with Crippen LogP contribution in [0.3, 0.4) is 0 Å². The minimum atomic E-state index is -0.499. The van der Waals surface area contributed by atoms with E-state index in [1.54, 1.807) is 24.0 Å². The van der Waals surface area contributed by atoms with E-state index in [0.29, 0.717) is 17.0 Å². The minimum Gasteiger partial charge on any atom is -0.493 e. The van der Waals surface area contributed by atoms with Crippen molar-refractivity contribution in [3.05, 3.63) is 46.5 Å². The number of rotatable bonds is 4. The Labute approximate surface area is 115 Å². The minimum absolute atomic E-state index is 0.0662. The van der Waals surface area contributed by atoms with Crippen molar-refractivity contribution in [3.8, 4) is 5.75 Å². The lowest BCUT2D eigenvalue weighted by Gasteiger charge is -2.18. The number of nitrogens with two attached hydrogens (primary N) is 1. The van der Waals surface area contributed by atoms with Gasteiger partial charge in [-0.2, -0.15) is 5.10 Å². The summed E-state index contributed by atoms with van der Waals surface area (Å²) in [5.74, 6) is 5.65. The van der Waals surface area contributed by atoms with Gasteiger partial charge in [0.05, 0.1) is 24.4 Å². The average molecular weight is 285 g/mol. The SMILES string of the molecule is COc1cnn(C)c1C(NN)c1ccc(Cl)c(F)c1. The first-order valence-corrected chi connectivity index (χ1v) is 5.93. The lowest BCUT2D eigenvalue weighted by molar-refractivity contribution is 0.401. The van der Waals surface area contributed by atoms with E-state index in [9.17, 15) is 4.39 Å². The average Bonchev–Trinajstić information content (AvgIpc) is 2.76. The predicted octanol–water partition coefficient (Wildman–Crippen LogP) is 1.77. The molecule has 0 radical (unpaired) electrons. The third-order valence-electron chi connectivity index (χ3n) is 2.89. The molecule has 7 heteroatoms. The van der Waals surface area contributed by atoms with Crippen molar-refractivity contribution < 1.29 is 9.13 Å². The molecule has 2 aromatic rings. The van der Waals surface area contributed by atoms with Crippen molar-refractivity contribution in [1.29, 1.82) is 0 Å². The van der Waals surface area contributed by atoms with Crippen LogP contribution in [-0.4, -0.2) is 16.9 Å². The van der Waals surface area contributed by atoms with Gasteiger partial charge < -0.3 is 4.74 Å². The number of halogens is 2. The van der Waals surface area contributed by atoms with Crippen LogP contribution in [0, 0.1) is 5.82 Å². The van der Waals surface area contributed by atoms with Gasteiger partial charge in [0.25, 0.3) is 0 Å². The predicted molar refractivity (Wildman–Crippen MR) is 70.3 cm³/mol. The molecule has 2 rings (SSSR count). The first-order chi connectivity index (χ1) is 9.08. The summed E-state index contributed by atoms with van der Waals surface area (Å²) in [5.41, 5.74) is 3.96. The number of hydrogen-bond acceptors (Lipinski definition) is 4. The second-order valence-corrected chi connectivity index (χ2v) is 4.40. The highest BCUT2D eigenvalue weighted by molar-refractivity contribution is 6.30. The summed E-state index contributed by atoms with van der Waals surface area (Å²) < 4.78 is 20.4. The molecule has 1 atom stereocenters. The smallest absolute Gasteiger partial charge is 0.161 e. The normalized spacial score (nSPS) is 12.5. The van der Waals surface area contributed by atoms with E-state index in [0.717, 1.165) is 0 Å². The van der Waals surface area contributed by atoms with Gasteiger partial charge in [0.1, 0.15) is 11.5 Å². The molecule has 1 aromatic carbocycles. The van der Waals surface area contributed by atoms with Crippen LogP contribution < -0.4 is 16.0 Å². The second-order valence-electron chi connectivity index (χ2n) is 4.00. The van der Waals surface area contributed by atoms with E-state index in [4.69, 9.17) is 22.2 Å². The summed E-state index contributed by atoms with van der Waals surface area (Å²) in [6.45, 7) is 0. The van der Waals surface area contributed by atoms with Crippen LogP contribution in [0.1, 0.15) is 17.3 Å². The Hall–Kier alpha value is -1.63. The molecule has 0 spiro atoms. The Morgan fingerprint density at radius 3 is 2.84 bits per heavy atom. The Morgan fingerprint density at radius 1 is 1.53 bits per heavy atom. The first-order valence-electron chi connectivity index (χ1n) is 5.55. The maximum absolute atomic E-state index is 13.5. The molecule has 1 aromatic heterocycles. The van der Waals surface area contributed by atoms with E-state index in [2.05, 4.69) is 10.5 Å². The number of aromatic nitrogens is 2. The fraction of sp³-hybridized carbons (Fsp3) is 0.250. The highest BCUT2D eigenvalue weighted by Crippen LogP contribution is 2.30. The quantitative estimate of drug-likeness (QED) is 0.663. The zero-order valence-corrected chi connectivity index (χ0v) is 11.3. The van der Waals surface area contributed by atoms with Gasteiger partial charge in [-0.25, -0.2) is 9.82 Å². The van der Waals surface area contributed by atoms with Gasteiger partial charge in [-0.3, -0.25) is 10.5 Å². The molecule has 1 unspecified atom stereocenters. The van der Waals surface area contributed by atoms with Crippen molar-refractivity contribution >= 4 is 11.6 Å². The van der Waals surface area contributed by atoms with Gasteiger partial charge in [-0.05, 0) is 17.7 Å². The summed E-state index contributed by atoms with van der Waals surface area (Å²) in [5, 5.41) is 4.16. The number of nitrogens with zero attached hydrogens (tertiary/aromatic N) is 2. The van der Waals surface area contributed by atoms with E-state index >= 15 is 0 Å². The molecule has 3 N–H and O–H groups in total. The number of aryl methyl sites for hydroxylation is 1. The number of methoxy groups -OCH3 is 1. The van der Waals surface area contributed by atoms with Crippen LogP contribution >= 0.6 is 11.6 Å². The Kier molecular flexibility index (Phi) is 4.04. The molecule has 0 saturated heterocycles. The molecular weight excluding hydrogens is 271 g/mol. The highest BCUT2D eigenvalue weighted by Gasteiger charge is 2.22. The monoisotopic (exact) mass is 284 g/mol. The number of hydrazine groups is 1. The van der Waals surface area contributed by atoms with Crippen LogP contribution in [0.25, 0.3) is 0 Å². The van der Waals surface area contributed by atoms with Crippen molar-refractivity contribution in [2.45, 2.75) is 6.04 Å². The number of benzene rings is 1. The molecule has 0 aliphatic rings. The Morgan fingerprint density at radius 2 is 2.26 bits per heavy atom. The third kappa shape index (κ3) is 2.56. The van der Waals surface area contributed by atoms with E-state index < -0.39 is 11.9 Å². The standard InChI is InChI=1S/C12H14ClFN4O/c1-18-12(10(19-2)6-16-18)11(17-15)7-3-4-8(13)9(14)5-7/h3-6,11,17H,15H2,1-2H3. The molecular formula is C12H14ClFN4O. The lowest BCUT2D eigenvalue weighted by Crippen LogP contribution is -2.30. The van der Waals surface area contributed by atoms with E-state index in [1.165, 1.54) is 19.2 Å². The van der Waals surface area contributed by atoms with Gasteiger partial charge >= 0.3 is 0 Å². The molecule has 1 heterocycles. The maximum atomic E-state index is 13.5. The van der Waals surface area contributed by atoms with Crippen molar-refractivity contribution in [3.63, 3.8) is 0 Å². The number of nitrogens with one attached hydrogen (secondary N) is 1. The Balaban J connectivity index is 2.49. The van der Waals surface area contributed by atoms with Crippen LogP contribution in [0.4, 0.5) is 4.39 Å². The number of ether oxygens (including phenoxy) is 1. The summed E-state index contributed by atoms with van der Waals surface area (Å²) in [4.78, 5) is 0. The van der Waals surface area contributed by atoms with Gasteiger partial charge in [0.15, 0.2) is 5.75 Å². The lowest BCUT2D eigenvalue weighted by atomic mass is 10.0. The largest absolute Gasteiger partial charge is 0.493 e. The van der Waals surface area contributed by atoms with Crippen LogP contribution in [-0.2, 0) is 7.05 Å².